The number of hydrogen-bond donors (Lipinski definition) is 0. The minimum atomic E-state index is 0.243. The molecule has 0 radical (unpaired) electrons. The van der Waals surface area contributed by atoms with Crippen molar-refractivity contribution in [1.29, 1.82) is 0 Å². The highest BCUT2D eigenvalue weighted by Crippen LogP contribution is 2.32. The summed E-state index contributed by atoms with van der Waals surface area (Å²) >= 11 is 8.24. The van der Waals surface area contributed by atoms with E-state index in [1.165, 1.54) is 35.4 Å². The molecule has 2 heteroatoms. The first-order valence-corrected chi connectivity index (χ1v) is 7.25. The van der Waals surface area contributed by atoms with E-state index in [4.69, 9.17) is 11.6 Å². The molecule has 1 unspecified atom stereocenters. The van der Waals surface area contributed by atoms with Crippen molar-refractivity contribution in [3.8, 4) is 0 Å². The van der Waals surface area contributed by atoms with Crippen molar-refractivity contribution in [3.63, 3.8) is 0 Å². The molecular weight excluding hydrogens is 224 g/mol. The summed E-state index contributed by atoms with van der Waals surface area (Å²) < 4.78 is 0. The van der Waals surface area contributed by atoms with E-state index in [0.717, 1.165) is 12.8 Å². The molecule has 1 heterocycles. The molecule has 0 aliphatic heterocycles. The van der Waals surface area contributed by atoms with E-state index >= 15 is 0 Å². The van der Waals surface area contributed by atoms with Crippen LogP contribution < -0.4 is 0 Å². The van der Waals surface area contributed by atoms with E-state index in [0.29, 0.717) is 0 Å². The first-order valence-electron chi connectivity index (χ1n) is 6.00. The lowest BCUT2D eigenvalue weighted by molar-refractivity contribution is 0.626. The van der Waals surface area contributed by atoms with Crippen molar-refractivity contribution in [2.45, 2.75) is 57.7 Å². The highest BCUT2D eigenvalue weighted by atomic mass is 35.5. The summed E-state index contributed by atoms with van der Waals surface area (Å²) in [6.45, 7) is 4.44. The fraction of sp³-hybridized carbons (Fsp3) is 0.692. The number of alkyl halides is 1. The molecule has 15 heavy (non-hydrogen) atoms. The van der Waals surface area contributed by atoms with Crippen LogP contribution in [-0.4, -0.2) is 0 Å². The molecule has 0 aromatic carbocycles. The Balaban J connectivity index is 2.29. The van der Waals surface area contributed by atoms with Gasteiger partial charge in [0.15, 0.2) is 0 Å². The smallest absolute Gasteiger partial charge is 0.0678 e. The lowest BCUT2D eigenvalue weighted by Crippen LogP contribution is -1.87. The molecule has 0 nitrogen and oxygen atoms in total. The first-order chi connectivity index (χ1) is 7.27. The maximum Gasteiger partial charge on any atom is 0.0678 e. The summed E-state index contributed by atoms with van der Waals surface area (Å²) in [6, 6.07) is 4.41. The van der Waals surface area contributed by atoms with Gasteiger partial charge in [0, 0.05) is 9.75 Å². The molecule has 1 aromatic heterocycles. The predicted molar refractivity (Wildman–Crippen MR) is 71.1 cm³/mol. The fourth-order valence-corrected chi connectivity index (χ4v) is 2.97. The Kier molecular flexibility index (Phi) is 6.35. The Morgan fingerprint density at radius 3 is 2.60 bits per heavy atom. The Labute approximate surface area is 103 Å². The lowest BCUT2D eigenvalue weighted by atomic mass is 10.1. The minimum absolute atomic E-state index is 0.243. The Bertz CT molecular complexity index is 267. The van der Waals surface area contributed by atoms with Gasteiger partial charge >= 0.3 is 0 Å². The van der Waals surface area contributed by atoms with Crippen molar-refractivity contribution in [3.05, 3.63) is 21.9 Å². The monoisotopic (exact) mass is 244 g/mol. The molecule has 0 saturated heterocycles. The largest absolute Gasteiger partial charge is 0.144 e. The molecule has 0 saturated carbocycles. The zero-order chi connectivity index (χ0) is 11.1. The van der Waals surface area contributed by atoms with Gasteiger partial charge < -0.3 is 0 Å². The highest BCUT2D eigenvalue weighted by molar-refractivity contribution is 7.12. The second-order valence-electron chi connectivity index (χ2n) is 3.97. The number of halogens is 1. The SMILES string of the molecule is CCCCCCC(Cl)c1ccc(CC)s1. The third-order valence-electron chi connectivity index (χ3n) is 2.65. The van der Waals surface area contributed by atoms with Crippen LogP contribution in [0.5, 0.6) is 0 Å². The Hall–Kier alpha value is -0.0100. The maximum atomic E-state index is 6.37. The average Bonchev–Trinajstić information content (AvgIpc) is 2.72. The fourth-order valence-electron chi connectivity index (χ4n) is 1.65. The molecule has 0 fully saturated rings. The second-order valence-corrected chi connectivity index (χ2v) is 5.70. The van der Waals surface area contributed by atoms with Crippen LogP contribution in [0.2, 0.25) is 0 Å². The molecule has 1 aromatic rings. The zero-order valence-corrected chi connectivity index (χ0v) is 11.3. The molecule has 0 aliphatic carbocycles. The van der Waals surface area contributed by atoms with Gasteiger partial charge in [-0.3, -0.25) is 0 Å². The number of thiophene rings is 1. The molecule has 1 rings (SSSR count). The first kappa shape index (κ1) is 13.1. The van der Waals surface area contributed by atoms with Crippen LogP contribution in [-0.2, 0) is 6.42 Å². The van der Waals surface area contributed by atoms with Gasteiger partial charge in [-0.15, -0.1) is 22.9 Å². The predicted octanol–water partition coefficient (Wildman–Crippen LogP) is 5.56. The third-order valence-corrected chi connectivity index (χ3v) is 4.58. The maximum absolute atomic E-state index is 6.37. The summed E-state index contributed by atoms with van der Waals surface area (Å²) in [7, 11) is 0. The van der Waals surface area contributed by atoms with Gasteiger partial charge in [-0.25, -0.2) is 0 Å². The van der Waals surface area contributed by atoms with Crippen molar-refractivity contribution in [2.75, 3.05) is 0 Å². The van der Waals surface area contributed by atoms with E-state index in [1.807, 2.05) is 11.3 Å². The van der Waals surface area contributed by atoms with E-state index in [9.17, 15) is 0 Å². The van der Waals surface area contributed by atoms with E-state index < -0.39 is 0 Å². The standard InChI is InChI=1S/C13H21ClS/c1-3-5-6-7-8-12(14)13-10-9-11(4-2)15-13/h9-10,12H,3-8H2,1-2H3. The molecule has 0 aliphatic rings. The summed E-state index contributed by atoms with van der Waals surface area (Å²) in [6.07, 6.45) is 7.49. The van der Waals surface area contributed by atoms with Crippen LogP contribution in [0.15, 0.2) is 12.1 Å². The van der Waals surface area contributed by atoms with E-state index in [-0.39, 0.29) is 5.38 Å². The second kappa shape index (κ2) is 7.29. The number of unbranched alkanes of at least 4 members (excludes halogenated alkanes) is 3. The van der Waals surface area contributed by atoms with Crippen molar-refractivity contribution < 1.29 is 0 Å². The third kappa shape index (κ3) is 4.56. The van der Waals surface area contributed by atoms with Crippen LogP contribution in [0.4, 0.5) is 0 Å². The topological polar surface area (TPSA) is 0 Å². The molecule has 0 spiro atoms. The van der Waals surface area contributed by atoms with Crippen molar-refractivity contribution >= 4 is 22.9 Å². The Morgan fingerprint density at radius 1 is 1.20 bits per heavy atom. The average molecular weight is 245 g/mol. The minimum Gasteiger partial charge on any atom is -0.144 e. The number of aryl methyl sites for hydroxylation is 1. The summed E-state index contributed by atoms with van der Waals surface area (Å²) in [5.74, 6) is 0. The van der Waals surface area contributed by atoms with Crippen LogP contribution in [0.1, 0.15) is 61.1 Å². The lowest BCUT2D eigenvalue weighted by Gasteiger charge is -2.06. The quantitative estimate of drug-likeness (QED) is 0.435. The summed E-state index contributed by atoms with van der Waals surface area (Å²) in [4.78, 5) is 2.80. The normalized spacial score (nSPS) is 13.0. The van der Waals surface area contributed by atoms with Crippen LogP contribution in [0, 0.1) is 0 Å². The van der Waals surface area contributed by atoms with Gasteiger partial charge in [-0.05, 0) is 25.0 Å². The van der Waals surface area contributed by atoms with Gasteiger partial charge in [0.05, 0.1) is 5.38 Å². The van der Waals surface area contributed by atoms with Gasteiger partial charge in [-0.1, -0.05) is 39.5 Å². The number of hydrogen-bond acceptors (Lipinski definition) is 1. The van der Waals surface area contributed by atoms with Crippen LogP contribution >= 0.6 is 22.9 Å². The summed E-state index contributed by atoms with van der Waals surface area (Å²) in [5, 5.41) is 0.243. The molecule has 0 amide bonds. The van der Waals surface area contributed by atoms with Gasteiger partial charge in [0.25, 0.3) is 0 Å². The highest BCUT2D eigenvalue weighted by Gasteiger charge is 2.09. The van der Waals surface area contributed by atoms with Crippen molar-refractivity contribution in [1.82, 2.24) is 0 Å². The van der Waals surface area contributed by atoms with Crippen LogP contribution in [0.25, 0.3) is 0 Å². The van der Waals surface area contributed by atoms with E-state index in [2.05, 4.69) is 26.0 Å². The zero-order valence-electron chi connectivity index (χ0n) is 9.76. The van der Waals surface area contributed by atoms with Gasteiger partial charge in [-0.2, -0.15) is 0 Å². The molecule has 0 N–H and O–H groups in total. The van der Waals surface area contributed by atoms with Crippen molar-refractivity contribution in [2.24, 2.45) is 0 Å². The molecule has 1 atom stereocenters. The Morgan fingerprint density at radius 2 is 2.00 bits per heavy atom. The van der Waals surface area contributed by atoms with Gasteiger partial charge in [0.1, 0.15) is 0 Å². The van der Waals surface area contributed by atoms with Crippen LogP contribution in [0.3, 0.4) is 0 Å². The van der Waals surface area contributed by atoms with Gasteiger partial charge in [0.2, 0.25) is 0 Å². The molecular formula is C13H21ClS. The number of rotatable bonds is 7. The van der Waals surface area contributed by atoms with E-state index in [1.54, 1.807) is 0 Å². The molecule has 86 valence electrons. The summed E-state index contributed by atoms with van der Waals surface area (Å²) in [5.41, 5.74) is 0. The molecule has 0 bridgehead atoms.